The summed E-state index contributed by atoms with van der Waals surface area (Å²) in [5, 5.41) is 3.28. The Morgan fingerprint density at radius 2 is 2.08 bits per heavy atom. The van der Waals surface area contributed by atoms with Crippen molar-refractivity contribution in [1.29, 1.82) is 0 Å². The molecule has 2 aliphatic heterocycles. The van der Waals surface area contributed by atoms with E-state index in [0.717, 1.165) is 32.4 Å². The van der Waals surface area contributed by atoms with Gasteiger partial charge in [0.05, 0.1) is 11.5 Å². The third-order valence-electron chi connectivity index (χ3n) is 5.15. The molecule has 0 saturated carbocycles. The van der Waals surface area contributed by atoms with Crippen LogP contribution in [0.1, 0.15) is 29.6 Å². The van der Waals surface area contributed by atoms with Crippen molar-refractivity contribution in [2.75, 3.05) is 39.9 Å². The zero-order valence-corrected chi connectivity index (χ0v) is 15.9. The summed E-state index contributed by atoms with van der Waals surface area (Å²) < 4.78 is 33.0. The van der Waals surface area contributed by atoms with E-state index in [1.54, 1.807) is 24.1 Å². The fourth-order valence-corrected chi connectivity index (χ4v) is 4.58. The first-order valence-corrected chi connectivity index (χ1v) is 10.6. The lowest BCUT2D eigenvalue weighted by Gasteiger charge is -2.31. The Morgan fingerprint density at radius 3 is 2.77 bits per heavy atom. The Kier molecular flexibility index (Phi) is 6.29. The van der Waals surface area contributed by atoms with Crippen molar-refractivity contribution in [1.82, 2.24) is 14.9 Å². The van der Waals surface area contributed by atoms with Crippen LogP contribution in [0.2, 0.25) is 0 Å². The molecule has 1 aromatic carbocycles. The second-order valence-electron chi connectivity index (χ2n) is 7.01. The van der Waals surface area contributed by atoms with Crippen molar-refractivity contribution in [3.8, 4) is 0 Å². The number of rotatable bonds is 6. The Bertz CT molecular complexity index is 726. The minimum atomic E-state index is -3.64. The monoisotopic (exact) mass is 381 g/mol. The lowest BCUT2D eigenvalue weighted by Crippen LogP contribution is -2.44. The SMILES string of the molecule is CN(C(=O)c1cccc(S(=O)(=O)NC[C@@H]2CCOC2)c1)C1CCNCC1. The lowest BCUT2D eigenvalue weighted by atomic mass is 10.0. The molecule has 2 fully saturated rings. The van der Waals surface area contributed by atoms with Crippen LogP contribution in [0.3, 0.4) is 0 Å². The van der Waals surface area contributed by atoms with E-state index >= 15 is 0 Å². The first-order valence-electron chi connectivity index (χ1n) is 9.13. The van der Waals surface area contributed by atoms with E-state index in [1.165, 1.54) is 12.1 Å². The lowest BCUT2D eigenvalue weighted by molar-refractivity contribution is 0.0703. The number of benzene rings is 1. The predicted octanol–water partition coefficient (Wildman–Crippen LogP) is 0.825. The fourth-order valence-electron chi connectivity index (χ4n) is 3.41. The molecule has 0 spiro atoms. The van der Waals surface area contributed by atoms with Crippen molar-refractivity contribution in [3.63, 3.8) is 0 Å². The molecule has 0 aromatic heterocycles. The van der Waals surface area contributed by atoms with E-state index in [2.05, 4.69) is 10.0 Å². The molecule has 2 N–H and O–H groups in total. The van der Waals surface area contributed by atoms with Gasteiger partial charge >= 0.3 is 0 Å². The van der Waals surface area contributed by atoms with Gasteiger partial charge in [0.15, 0.2) is 0 Å². The molecule has 0 unspecified atom stereocenters. The fraction of sp³-hybridized carbons (Fsp3) is 0.611. The predicted molar refractivity (Wildman–Crippen MR) is 98.5 cm³/mol. The van der Waals surface area contributed by atoms with E-state index in [9.17, 15) is 13.2 Å². The number of nitrogens with zero attached hydrogens (tertiary/aromatic N) is 1. The largest absolute Gasteiger partial charge is 0.381 e. The highest BCUT2D eigenvalue weighted by Crippen LogP contribution is 2.18. The van der Waals surface area contributed by atoms with Gasteiger partial charge in [-0.2, -0.15) is 0 Å². The number of amides is 1. The summed E-state index contributed by atoms with van der Waals surface area (Å²) in [6.45, 7) is 3.41. The molecule has 2 aliphatic rings. The number of hydrogen-bond donors (Lipinski definition) is 2. The highest BCUT2D eigenvalue weighted by molar-refractivity contribution is 7.89. The number of piperidine rings is 1. The zero-order chi connectivity index (χ0) is 18.6. The van der Waals surface area contributed by atoms with Gasteiger partial charge in [-0.15, -0.1) is 0 Å². The molecule has 7 nitrogen and oxygen atoms in total. The number of carbonyl (C=O) groups excluding carboxylic acids is 1. The van der Waals surface area contributed by atoms with Gasteiger partial charge in [-0.25, -0.2) is 13.1 Å². The summed E-state index contributed by atoms with van der Waals surface area (Å²) >= 11 is 0. The Hall–Kier alpha value is -1.48. The normalized spacial score (nSPS) is 21.7. The molecule has 0 bridgehead atoms. The van der Waals surface area contributed by atoms with Crippen LogP contribution in [-0.2, 0) is 14.8 Å². The highest BCUT2D eigenvalue weighted by atomic mass is 32.2. The molecule has 1 amide bonds. The second kappa shape index (κ2) is 8.47. The van der Waals surface area contributed by atoms with E-state index in [-0.39, 0.29) is 22.8 Å². The third kappa shape index (κ3) is 4.62. The number of carbonyl (C=O) groups is 1. The van der Waals surface area contributed by atoms with Gasteiger partial charge in [0.1, 0.15) is 0 Å². The molecule has 0 radical (unpaired) electrons. The minimum Gasteiger partial charge on any atom is -0.381 e. The number of nitrogens with one attached hydrogen (secondary N) is 2. The Balaban J connectivity index is 1.69. The van der Waals surface area contributed by atoms with Crippen molar-refractivity contribution >= 4 is 15.9 Å². The van der Waals surface area contributed by atoms with Crippen LogP contribution < -0.4 is 10.0 Å². The average molecular weight is 381 g/mol. The molecule has 8 heteroatoms. The minimum absolute atomic E-state index is 0.126. The smallest absolute Gasteiger partial charge is 0.253 e. The van der Waals surface area contributed by atoms with Crippen LogP contribution in [0.15, 0.2) is 29.2 Å². The molecule has 3 rings (SSSR count). The molecule has 2 heterocycles. The number of ether oxygens (including phenoxy) is 1. The van der Waals surface area contributed by atoms with Crippen molar-refractivity contribution < 1.29 is 17.9 Å². The third-order valence-corrected chi connectivity index (χ3v) is 6.58. The summed E-state index contributed by atoms with van der Waals surface area (Å²) in [6, 6.07) is 6.47. The quantitative estimate of drug-likeness (QED) is 0.762. The molecule has 1 aromatic rings. The number of sulfonamides is 1. The summed E-state index contributed by atoms with van der Waals surface area (Å²) in [6.07, 6.45) is 2.68. The first-order chi connectivity index (χ1) is 12.5. The van der Waals surface area contributed by atoms with Gasteiger partial charge in [0, 0.05) is 31.8 Å². The topological polar surface area (TPSA) is 87.7 Å². The summed E-state index contributed by atoms with van der Waals surface area (Å²) in [5.74, 6) is 0.0683. The molecular weight excluding hydrogens is 354 g/mol. The molecule has 1 atom stereocenters. The van der Waals surface area contributed by atoms with Crippen molar-refractivity contribution in [2.45, 2.75) is 30.2 Å². The number of hydrogen-bond acceptors (Lipinski definition) is 5. The van der Waals surface area contributed by atoms with E-state index in [1.807, 2.05) is 0 Å². The van der Waals surface area contributed by atoms with Crippen LogP contribution in [-0.4, -0.2) is 65.2 Å². The molecular formula is C18H27N3O4S. The maximum absolute atomic E-state index is 12.8. The van der Waals surface area contributed by atoms with Gasteiger partial charge < -0.3 is 15.0 Å². The maximum Gasteiger partial charge on any atom is 0.253 e. The van der Waals surface area contributed by atoms with E-state index < -0.39 is 10.0 Å². The van der Waals surface area contributed by atoms with Crippen LogP contribution >= 0.6 is 0 Å². The molecule has 0 aliphatic carbocycles. The Morgan fingerprint density at radius 1 is 1.31 bits per heavy atom. The standard InChI is InChI=1S/C18H27N3O4S/c1-21(16-5-8-19-9-6-16)18(22)15-3-2-4-17(11-15)26(23,24)20-12-14-7-10-25-13-14/h2-4,11,14,16,19-20H,5-10,12-13H2,1H3/t14-/m0/s1. The molecule has 2 saturated heterocycles. The van der Waals surface area contributed by atoms with Gasteiger partial charge in [0.25, 0.3) is 5.91 Å². The van der Waals surface area contributed by atoms with Crippen molar-refractivity contribution in [2.24, 2.45) is 5.92 Å². The van der Waals surface area contributed by atoms with Crippen LogP contribution in [0, 0.1) is 5.92 Å². The first kappa shape index (κ1) is 19.3. The summed E-state index contributed by atoms with van der Waals surface area (Å²) in [7, 11) is -1.85. The van der Waals surface area contributed by atoms with Gasteiger partial charge in [-0.05, 0) is 56.5 Å². The average Bonchev–Trinajstić information content (AvgIpc) is 3.20. The Labute approximate surface area is 155 Å². The maximum atomic E-state index is 12.8. The van der Waals surface area contributed by atoms with Crippen LogP contribution in [0.4, 0.5) is 0 Å². The van der Waals surface area contributed by atoms with Crippen LogP contribution in [0.5, 0.6) is 0 Å². The highest BCUT2D eigenvalue weighted by Gasteiger charge is 2.25. The van der Waals surface area contributed by atoms with E-state index in [0.29, 0.717) is 25.3 Å². The molecule has 26 heavy (non-hydrogen) atoms. The zero-order valence-electron chi connectivity index (χ0n) is 15.1. The van der Waals surface area contributed by atoms with Gasteiger partial charge in [-0.1, -0.05) is 6.07 Å². The van der Waals surface area contributed by atoms with Crippen molar-refractivity contribution in [3.05, 3.63) is 29.8 Å². The summed E-state index contributed by atoms with van der Waals surface area (Å²) in [4.78, 5) is 14.6. The van der Waals surface area contributed by atoms with E-state index in [4.69, 9.17) is 4.74 Å². The molecule has 144 valence electrons. The second-order valence-corrected chi connectivity index (χ2v) is 8.77. The summed E-state index contributed by atoms with van der Waals surface area (Å²) in [5.41, 5.74) is 0.401. The van der Waals surface area contributed by atoms with Gasteiger partial charge in [-0.3, -0.25) is 4.79 Å². The van der Waals surface area contributed by atoms with Crippen LogP contribution in [0.25, 0.3) is 0 Å². The van der Waals surface area contributed by atoms with Gasteiger partial charge in [0.2, 0.25) is 10.0 Å².